The van der Waals surface area contributed by atoms with Gasteiger partial charge in [-0.2, -0.15) is 0 Å². The van der Waals surface area contributed by atoms with Crippen molar-refractivity contribution in [1.29, 1.82) is 0 Å². The minimum atomic E-state index is 0.426. The van der Waals surface area contributed by atoms with Crippen molar-refractivity contribution < 1.29 is 0 Å². The van der Waals surface area contributed by atoms with E-state index in [0.717, 1.165) is 11.4 Å². The van der Waals surface area contributed by atoms with Crippen LogP contribution in [0.15, 0.2) is 24.3 Å². The number of nitrogens with one attached hydrogen (secondary N) is 1. The second-order valence-electron chi connectivity index (χ2n) is 4.71. The standard InChI is InChI=1S/C14H22ClN/c1-5-14(16-11(4)10(2)3)12-6-8-13(15)9-7-12/h6-11,14,16H,5H2,1-4H3. The van der Waals surface area contributed by atoms with Crippen molar-refractivity contribution in [2.75, 3.05) is 0 Å². The van der Waals surface area contributed by atoms with Gasteiger partial charge in [-0.15, -0.1) is 0 Å². The monoisotopic (exact) mass is 239 g/mol. The molecule has 2 unspecified atom stereocenters. The van der Waals surface area contributed by atoms with Crippen molar-refractivity contribution in [2.45, 2.75) is 46.2 Å². The Morgan fingerprint density at radius 3 is 2.12 bits per heavy atom. The van der Waals surface area contributed by atoms with Gasteiger partial charge in [0.15, 0.2) is 0 Å². The highest BCUT2D eigenvalue weighted by atomic mass is 35.5. The van der Waals surface area contributed by atoms with Gasteiger partial charge in [-0.1, -0.05) is 44.5 Å². The molecule has 1 aromatic rings. The Morgan fingerprint density at radius 1 is 1.12 bits per heavy atom. The van der Waals surface area contributed by atoms with Crippen molar-refractivity contribution in [2.24, 2.45) is 5.92 Å². The van der Waals surface area contributed by atoms with E-state index in [4.69, 9.17) is 11.6 Å². The summed E-state index contributed by atoms with van der Waals surface area (Å²) in [6, 6.07) is 9.09. The lowest BCUT2D eigenvalue weighted by Gasteiger charge is -2.25. The highest BCUT2D eigenvalue weighted by Gasteiger charge is 2.14. The molecule has 0 aliphatic rings. The van der Waals surface area contributed by atoms with Crippen LogP contribution in [0.5, 0.6) is 0 Å². The van der Waals surface area contributed by atoms with Crippen LogP contribution in [0.2, 0.25) is 5.02 Å². The predicted octanol–water partition coefficient (Wildman–Crippen LogP) is 4.43. The molecule has 0 aromatic heterocycles. The van der Waals surface area contributed by atoms with Gasteiger partial charge in [0.25, 0.3) is 0 Å². The summed E-state index contributed by atoms with van der Waals surface area (Å²) in [4.78, 5) is 0. The third-order valence-corrected chi connectivity index (χ3v) is 3.40. The van der Waals surface area contributed by atoms with E-state index in [9.17, 15) is 0 Å². The largest absolute Gasteiger partial charge is 0.307 e. The van der Waals surface area contributed by atoms with E-state index in [1.807, 2.05) is 12.1 Å². The number of hydrogen-bond acceptors (Lipinski definition) is 1. The number of benzene rings is 1. The SMILES string of the molecule is CCC(NC(C)C(C)C)c1ccc(Cl)cc1. The molecular weight excluding hydrogens is 218 g/mol. The molecule has 0 saturated heterocycles. The molecule has 0 bridgehead atoms. The maximum absolute atomic E-state index is 5.90. The summed E-state index contributed by atoms with van der Waals surface area (Å²) >= 11 is 5.90. The molecule has 0 spiro atoms. The van der Waals surface area contributed by atoms with Crippen LogP contribution in [0.1, 0.15) is 45.7 Å². The first-order valence-corrected chi connectivity index (χ1v) is 6.44. The van der Waals surface area contributed by atoms with Gasteiger partial charge < -0.3 is 5.32 Å². The van der Waals surface area contributed by atoms with Crippen LogP contribution in [-0.2, 0) is 0 Å². The lowest BCUT2D eigenvalue weighted by Crippen LogP contribution is -2.34. The summed E-state index contributed by atoms with van der Waals surface area (Å²) < 4.78 is 0. The van der Waals surface area contributed by atoms with Crippen LogP contribution in [0.4, 0.5) is 0 Å². The van der Waals surface area contributed by atoms with E-state index >= 15 is 0 Å². The first kappa shape index (κ1) is 13.5. The number of halogens is 1. The van der Waals surface area contributed by atoms with Crippen molar-refractivity contribution in [3.05, 3.63) is 34.9 Å². The minimum Gasteiger partial charge on any atom is -0.307 e. The van der Waals surface area contributed by atoms with Crippen LogP contribution >= 0.6 is 11.6 Å². The van der Waals surface area contributed by atoms with Gasteiger partial charge in [-0.05, 0) is 37.0 Å². The first-order valence-electron chi connectivity index (χ1n) is 6.06. The molecule has 0 amide bonds. The van der Waals surface area contributed by atoms with Crippen molar-refractivity contribution >= 4 is 11.6 Å². The molecule has 90 valence electrons. The topological polar surface area (TPSA) is 12.0 Å². The Kier molecular flexibility index (Phi) is 5.30. The van der Waals surface area contributed by atoms with Gasteiger partial charge in [0.2, 0.25) is 0 Å². The summed E-state index contributed by atoms with van der Waals surface area (Å²) in [6.45, 7) is 8.93. The van der Waals surface area contributed by atoms with Gasteiger partial charge >= 0.3 is 0 Å². The van der Waals surface area contributed by atoms with E-state index in [1.165, 1.54) is 5.56 Å². The van der Waals surface area contributed by atoms with Gasteiger partial charge in [0.05, 0.1) is 0 Å². The van der Waals surface area contributed by atoms with E-state index in [1.54, 1.807) is 0 Å². The first-order chi connectivity index (χ1) is 7.54. The molecular formula is C14H22ClN. The van der Waals surface area contributed by atoms with Crippen molar-refractivity contribution in [3.8, 4) is 0 Å². The van der Waals surface area contributed by atoms with E-state index in [-0.39, 0.29) is 0 Å². The fourth-order valence-electron chi connectivity index (χ4n) is 1.65. The molecule has 0 radical (unpaired) electrons. The summed E-state index contributed by atoms with van der Waals surface area (Å²) in [5.41, 5.74) is 1.32. The molecule has 0 aliphatic heterocycles. The Hall–Kier alpha value is -0.530. The highest BCUT2D eigenvalue weighted by molar-refractivity contribution is 6.30. The number of rotatable bonds is 5. The Bertz CT molecular complexity index is 305. The molecule has 1 nitrogen and oxygen atoms in total. The van der Waals surface area contributed by atoms with Gasteiger partial charge in [-0.25, -0.2) is 0 Å². The van der Waals surface area contributed by atoms with E-state index < -0.39 is 0 Å². The highest BCUT2D eigenvalue weighted by Crippen LogP contribution is 2.20. The molecule has 16 heavy (non-hydrogen) atoms. The van der Waals surface area contributed by atoms with Crippen LogP contribution < -0.4 is 5.32 Å². The van der Waals surface area contributed by atoms with E-state index in [2.05, 4.69) is 45.1 Å². The maximum Gasteiger partial charge on any atom is 0.0406 e. The third kappa shape index (κ3) is 3.80. The van der Waals surface area contributed by atoms with Gasteiger partial charge in [-0.3, -0.25) is 0 Å². The molecule has 1 aromatic carbocycles. The maximum atomic E-state index is 5.90. The lowest BCUT2D eigenvalue weighted by atomic mass is 10.00. The lowest BCUT2D eigenvalue weighted by molar-refractivity contribution is 0.370. The van der Waals surface area contributed by atoms with Gasteiger partial charge in [0.1, 0.15) is 0 Å². The smallest absolute Gasteiger partial charge is 0.0406 e. The van der Waals surface area contributed by atoms with Crippen molar-refractivity contribution in [1.82, 2.24) is 5.32 Å². The fraction of sp³-hybridized carbons (Fsp3) is 0.571. The van der Waals surface area contributed by atoms with Gasteiger partial charge in [0, 0.05) is 17.1 Å². The second-order valence-corrected chi connectivity index (χ2v) is 5.15. The zero-order chi connectivity index (χ0) is 12.1. The predicted molar refractivity (Wildman–Crippen MR) is 71.9 cm³/mol. The van der Waals surface area contributed by atoms with Crippen LogP contribution in [0.25, 0.3) is 0 Å². The quantitative estimate of drug-likeness (QED) is 0.802. The minimum absolute atomic E-state index is 0.426. The zero-order valence-electron chi connectivity index (χ0n) is 10.6. The summed E-state index contributed by atoms with van der Waals surface area (Å²) in [5, 5.41) is 4.46. The number of hydrogen-bond donors (Lipinski definition) is 1. The Balaban J connectivity index is 2.70. The average Bonchev–Trinajstić information content (AvgIpc) is 2.26. The van der Waals surface area contributed by atoms with Crippen molar-refractivity contribution in [3.63, 3.8) is 0 Å². The normalized spacial score (nSPS) is 15.1. The molecule has 2 atom stereocenters. The molecule has 1 N–H and O–H groups in total. The Labute approximate surface area is 104 Å². The molecule has 0 saturated carbocycles. The van der Waals surface area contributed by atoms with Crippen LogP contribution in [0, 0.1) is 5.92 Å². The summed E-state index contributed by atoms with van der Waals surface area (Å²) in [7, 11) is 0. The molecule has 0 heterocycles. The van der Waals surface area contributed by atoms with Crippen LogP contribution in [-0.4, -0.2) is 6.04 Å². The molecule has 1 rings (SSSR count). The molecule has 0 aliphatic carbocycles. The average molecular weight is 240 g/mol. The van der Waals surface area contributed by atoms with Crippen LogP contribution in [0.3, 0.4) is 0 Å². The third-order valence-electron chi connectivity index (χ3n) is 3.14. The summed E-state index contributed by atoms with van der Waals surface area (Å²) in [5.74, 6) is 0.654. The molecule has 2 heteroatoms. The molecule has 0 fully saturated rings. The zero-order valence-corrected chi connectivity index (χ0v) is 11.4. The van der Waals surface area contributed by atoms with E-state index in [0.29, 0.717) is 18.0 Å². The summed E-state index contributed by atoms with van der Waals surface area (Å²) in [6.07, 6.45) is 1.10. The fourth-order valence-corrected chi connectivity index (χ4v) is 1.78. The second kappa shape index (κ2) is 6.27. The Morgan fingerprint density at radius 2 is 1.69 bits per heavy atom.